The second-order valence-electron chi connectivity index (χ2n) is 5.60. The van der Waals surface area contributed by atoms with Crippen LogP contribution in [0.3, 0.4) is 0 Å². The largest absolute Gasteiger partial charge is 0.383 e. The average Bonchev–Trinajstić information content (AvgIpc) is 2.61. The van der Waals surface area contributed by atoms with Crippen LogP contribution in [0.4, 0.5) is 5.82 Å². The summed E-state index contributed by atoms with van der Waals surface area (Å²) in [5.41, 5.74) is 10.6. The van der Waals surface area contributed by atoms with Gasteiger partial charge in [0.2, 0.25) is 0 Å². The zero-order valence-corrected chi connectivity index (χ0v) is 15.1. The molecule has 5 heteroatoms. The molecule has 0 aliphatic carbocycles. The maximum Gasteiger partial charge on any atom is 0.142 e. The highest BCUT2D eigenvalue weighted by atomic mass is 35.5. The van der Waals surface area contributed by atoms with Gasteiger partial charge in [-0.25, -0.2) is 4.98 Å². The van der Waals surface area contributed by atoms with Crippen molar-refractivity contribution in [2.24, 2.45) is 0 Å². The van der Waals surface area contributed by atoms with Gasteiger partial charge in [0, 0.05) is 16.1 Å². The first-order valence-electron chi connectivity index (χ1n) is 7.78. The SMILES string of the molecule is CCc1ccc(-c2cc(-c3ccc(Cl)cc3Cl)nc(N)c2C#N)cc1. The lowest BCUT2D eigenvalue weighted by Crippen LogP contribution is -2.00. The Balaban J connectivity index is 2.20. The fourth-order valence-corrected chi connectivity index (χ4v) is 3.17. The quantitative estimate of drug-likeness (QED) is 0.641. The van der Waals surface area contributed by atoms with E-state index in [1.165, 1.54) is 5.56 Å². The van der Waals surface area contributed by atoms with Gasteiger partial charge in [-0.05, 0) is 41.8 Å². The lowest BCUT2D eigenvalue weighted by molar-refractivity contribution is 1.14. The first-order chi connectivity index (χ1) is 12.0. The molecule has 25 heavy (non-hydrogen) atoms. The molecular weight excluding hydrogens is 353 g/mol. The number of hydrogen-bond acceptors (Lipinski definition) is 3. The van der Waals surface area contributed by atoms with Gasteiger partial charge in [0.15, 0.2) is 0 Å². The van der Waals surface area contributed by atoms with Crippen molar-refractivity contribution in [3.8, 4) is 28.5 Å². The first-order valence-corrected chi connectivity index (χ1v) is 8.54. The van der Waals surface area contributed by atoms with Gasteiger partial charge in [-0.3, -0.25) is 0 Å². The predicted molar refractivity (Wildman–Crippen MR) is 104 cm³/mol. The third-order valence-corrected chi connectivity index (χ3v) is 4.59. The highest BCUT2D eigenvalue weighted by molar-refractivity contribution is 6.36. The van der Waals surface area contributed by atoms with E-state index in [4.69, 9.17) is 28.9 Å². The molecule has 0 spiro atoms. The molecule has 0 saturated heterocycles. The van der Waals surface area contributed by atoms with E-state index in [9.17, 15) is 5.26 Å². The van der Waals surface area contributed by atoms with Crippen LogP contribution in [0.25, 0.3) is 22.4 Å². The minimum Gasteiger partial charge on any atom is -0.383 e. The van der Waals surface area contributed by atoms with Crippen molar-refractivity contribution in [1.29, 1.82) is 5.26 Å². The summed E-state index contributed by atoms with van der Waals surface area (Å²) in [5.74, 6) is 0.181. The lowest BCUT2D eigenvalue weighted by Gasteiger charge is -2.12. The average molecular weight is 368 g/mol. The summed E-state index contributed by atoms with van der Waals surface area (Å²) in [6, 6.07) is 17.2. The molecule has 3 rings (SSSR count). The molecule has 1 aromatic heterocycles. The Morgan fingerprint density at radius 1 is 1.04 bits per heavy atom. The third kappa shape index (κ3) is 3.46. The van der Waals surface area contributed by atoms with Gasteiger partial charge in [0.05, 0.1) is 10.7 Å². The van der Waals surface area contributed by atoms with E-state index in [0.29, 0.717) is 26.9 Å². The fourth-order valence-electron chi connectivity index (χ4n) is 2.67. The van der Waals surface area contributed by atoms with Gasteiger partial charge in [-0.1, -0.05) is 54.4 Å². The number of nitrogens with zero attached hydrogens (tertiary/aromatic N) is 2. The van der Waals surface area contributed by atoms with Crippen LogP contribution >= 0.6 is 23.2 Å². The van der Waals surface area contributed by atoms with Crippen LogP contribution in [-0.4, -0.2) is 4.98 Å². The number of anilines is 1. The Bertz CT molecular complexity index is 973. The van der Waals surface area contributed by atoms with E-state index in [1.807, 2.05) is 30.3 Å². The van der Waals surface area contributed by atoms with Crippen LogP contribution in [0.5, 0.6) is 0 Å². The molecule has 124 valence electrons. The van der Waals surface area contributed by atoms with Crippen LogP contribution < -0.4 is 5.73 Å². The molecule has 2 aromatic carbocycles. The molecule has 0 bridgehead atoms. The molecule has 0 amide bonds. The van der Waals surface area contributed by atoms with Crippen molar-refractivity contribution in [3.63, 3.8) is 0 Å². The minimum absolute atomic E-state index is 0.181. The summed E-state index contributed by atoms with van der Waals surface area (Å²) in [6.45, 7) is 2.10. The number of aryl methyl sites for hydroxylation is 1. The van der Waals surface area contributed by atoms with Gasteiger partial charge >= 0.3 is 0 Å². The molecule has 0 aliphatic rings. The zero-order chi connectivity index (χ0) is 18.0. The Hall–Kier alpha value is -2.54. The summed E-state index contributed by atoms with van der Waals surface area (Å²) in [6.07, 6.45) is 0.954. The Morgan fingerprint density at radius 2 is 1.76 bits per heavy atom. The molecular formula is C20H15Cl2N3. The molecule has 3 aromatic rings. The van der Waals surface area contributed by atoms with Gasteiger partial charge in [-0.15, -0.1) is 0 Å². The van der Waals surface area contributed by atoms with Gasteiger partial charge < -0.3 is 5.73 Å². The van der Waals surface area contributed by atoms with E-state index in [2.05, 4.69) is 18.0 Å². The van der Waals surface area contributed by atoms with Crippen LogP contribution in [0.2, 0.25) is 10.0 Å². The summed E-state index contributed by atoms with van der Waals surface area (Å²) in [7, 11) is 0. The van der Waals surface area contributed by atoms with Crippen LogP contribution in [0.1, 0.15) is 18.1 Å². The topological polar surface area (TPSA) is 62.7 Å². The Morgan fingerprint density at radius 3 is 2.36 bits per heavy atom. The number of nitrogens with two attached hydrogens (primary N) is 1. The van der Waals surface area contributed by atoms with Crippen molar-refractivity contribution in [3.05, 3.63) is 69.7 Å². The summed E-state index contributed by atoms with van der Waals surface area (Å²) < 4.78 is 0. The maximum absolute atomic E-state index is 9.50. The van der Waals surface area contributed by atoms with Crippen LogP contribution in [0.15, 0.2) is 48.5 Å². The standard InChI is InChI=1S/C20H15Cl2N3/c1-2-12-3-5-13(6-4-12)16-10-19(25-20(24)17(16)11-23)15-8-7-14(21)9-18(15)22/h3-10H,2H2,1H3,(H2,24,25). The van der Waals surface area contributed by atoms with Crippen molar-refractivity contribution in [2.45, 2.75) is 13.3 Å². The van der Waals surface area contributed by atoms with E-state index in [-0.39, 0.29) is 5.82 Å². The maximum atomic E-state index is 9.50. The third-order valence-electron chi connectivity index (χ3n) is 4.04. The molecule has 0 fully saturated rings. The summed E-state index contributed by atoms with van der Waals surface area (Å²) >= 11 is 12.3. The summed E-state index contributed by atoms with van der Waals surface area (Å²) in [4.78, 5) is 4.35. The Kier molecular flexibility index (Phi) is 4.94. The number of halogens is 2. The van der Waals surface area contributed by atoms with Crippen LogP contribution in [0, 0.1) is 11.3 Å². The van der Waals surface area contributed by atoms with Crippen molar-refractivity contribution < 1.29 is 0 Å². The number of pyridine rings is 1. The lowest BCUT2D eigenvalue weighted by atomic mass is 9.97. The molecule has 0 aliphatic heterocycles. The highest BCUT2D eigenvalue weighted by Crippen LogP contribution is 2.35. The normalized spacial score (nSPS) is 10.5. The molecule has 0 unspecified atom stereocenters. The second kappa shape index (κ2) is 7.14. The number of hydrogen-bond donors (Lipinski definition) is 1. The zero-order valence-electron chi connectivity index (χ0n) is 13.6. The number of benzene rings is 2. The number of nitrogen functional groups attached to an aromatic ring is 1. The minimum atomic E-state index is 0.181. The molecule has 3 nitrogen and oxygen atoms in total. The Labute approximate surface area is 156 Å². The van der Waals surface area contributed by atoms with Crippen molar-refractivity contribution in [2.75, 3.05) is 5.73 Å². The second-order valence-corrected chi connectivity index (χ2v) is 6.45. The molecule has 0 atom stereocenters. The molecule has 0 saturated carbocycles. The van der Waals surface area contributed by atoms with E-state index >= 15 is 0 Å². The van der Waals surface area contributed by atoms with Crippen molar-refractivity contribution >= 4 is 29.0 Å². The van der Waals surface area contributed by atoms with Crippen molar-refractivity contribution in [1.82, 2.24) is 4.98 Å². The monoisotopic (exact) mass is 367 g/mol. The van der Waals surface area contributed by atoms with E-state index in [1.54, 1.807) is 18.2 Å². The van der Waals surface area contributed by atoms with E-state index in [0.717, 1.165) is 17.5 Å². The van der Waals surface area contributed by atoms with Gasteiger partial charge in [0.25, 0.3) is 0 Å². The highest BCUT2D eigenvalue weighted by Gasteiger charge is 2.15. The van der Waals surface area contributed by atoms with Gasteiger partial charge in [0.1, 0.15) is 17.5 Å². The summed E-state index contributed by atoms with van der Waals surface area (Å²) in [5, 5.41) is 10.5. The van der Waals surface area contributed by atoms with E-state index < -0.39 is 0 Å². The number of nitriles is 1. The first kappa shape index (κ1) is 17.3. The number of aromatic nitrogens is 1. The smallest absolute Gasteiger partial charge is 0.142 e. The van der Waals surface area contributed by atoms with Gasteiger partial charge in [-0.2, -0.15) is 5.26 Å². The molecule has 0 radical (unpaired) electrons. The molecule has 2 N–H and O–H groups in total. The fraction of sp³-hybridized carbons (Fsp3) is 0.100. The number of rotatable bonds is 3. The van der Waals surface area contributed by atoms with Crippen LogP contribution in [-0.2, 0) is 6.42 Å². The molecule has 1 heterocycles. The predicted octanol–water partition coefficient (Wildman–Crippen LogP) is 5.74.